The number of nitrogens with one attached hydrogen (secondary N) is 1. The molecule has 2 atom stereocenters. The number of piperidine rings is 1. The van der Waals surface area contributed by atoms with E-state index in [1.165, 1.54) is 5.56 Å². The Morgan fingerprint density at radius 3 is 2.84 bits per heavy atom. The number of benzene rings is 1. The van der Waals surface area contributed by atoms with E-state index in [1.54, 1.807) is 0 Å². The lowest BCUT2D eigenvalue weighted by atomic mass is 10.0. The molecule has 0 saturated carbocycles. The molecule has 1 amide bonds. The summed E-state index contributed by atoms with van der Waals surface area (Å²) in [6.45, 7) is 7.13. The number of likely N-dealkylation sites (tertiary alicyclic amines) is 1. The fourth-order valence-corrected chi connectivity index (χ4v) is 3.42. The van der Waals surface area contributed by atoms with Crippen molar-refractivity contribution in [2.24, 2.45) is 0 Å². The lowest BCUT2D eigenvalue weighted by molar-refractivity contribution is -0.146. The molecule has 2 aromatic rings. The van der Waals surface area contributed by atoms with E-state index in [1.807, 2.05) is 24.9 Å². The number of ether oxygens (including phenoxy) is 1. The Balaban J connectivity index is 1.81. The second-order valence-electron chi connectivity index (χ2n) is 6.69. The summed E-state index contributed by atoms with van der Waals surface area (Å²) >= 11 is 0. The molecule has 0 aliphatic carbocycles. The standard InChI is InChI=1S/C20H27N3O2/c1-4-25-15(3)20(24)23-12-6-5-7-18(23)19-21-13-17(22-19)16-10-8-14(2)9-11-16/h8-11,13,15,18H,4-7,12H2,1-3H3,(H,21,22). The monoisotopic (exact) mass is 341 g/mol. The zero-order valence-corrected chi connectivity index (χ0v) is 15.3. The molecule has 2 unspecified atom stereocenters. The first-order chi connectivity index (χ1) is 12.1. The second-order valence-corrected chi connectivity index (χ2v) is 6.69. The molecule has 1 N–H and O–H groups in total. The van der Waals surface area contributed by atoms with E-state index < -0.39 is 6.10 Å². The number of hydrogen-bond acceptors (Lipinski definition) is 3. The molecular weight excluding hydrogens is 314 g/mol. The number of carbonyl (C=O) groups excluding carboxylic acids is 1. The van der Waals surface area contributed by atoms with Gasteiger partial charge in [0.15, 0.2) is 0 Å². The zero-order chi connectivity index (χ0) is 17.8. The van der Waals surface area contributed by atoms with Crippen LogP contribution in [-0.2, 0) is 9.53 Å². The molecule has 25 heavy (non-hydrogen) atoms. The van der Waals surface area contributed by atoms with Crippen molar-refractivity contribution in [3.8, 4) is 11.3 Å². The first kappa shape index (κ1) is 17.7. The molecular formula is C20H27N3O2. The summed E-state index contributed by atoms with van der Waals surface area (Å²) in [6, 6.07) is 8.37. The van der Waals surface area contributed by atoms with E-state index in [0.717, 1.165) is 42.9 Å². The number of carbonyl (C=O) groups is 1. The van der Waals surface area contributed by atoms with Crippen LogP contribution in [0.4, 0.5) is 0 Å². The van der Waals surface area contributed by atoms with Crippen LogP contribution in [0.2, 0.25) is 0 Å². The number of H-pyrrole nitrogens is 1. The van der Waals surface area contributed by atoms with Crippen LogP contribution in [0.1, 0.15) is 50.5 Å². The third kappa shape index (κ3) is 3.93. The third-order valence-corrected chi connectivity index (χ3v) is 4.82. The number of aromatic amines is 1. The smallest absolute Gasteiger partial charge is 0.252 e. The highest BCUT2D eigenvalue weighted by Gasteiger charge is 2.32. The van der Waals surface area contributed by atoms with Gasteiger partial charge in [-0.2, -0.15) is 0 Å². The number of rotatable bonds is 5. The Kier molecular flexibility index (Phi) is 5.53. The third-order valence-electron chi connectivity index (χ3n) is 4.82. The summed E-state index contributed by atoms with van der Waals surface area (Å²) in [4.78, 5) is 22.7. The molecule has 1 aromatic carbocycles. The van der Waals surface area contributed by atoms with Gasteiger partial charge >= 0.3 is 0 Å². The van der Waals surface area contributed by atoms with Crippen LogP contribution < -0.4 is 0 Å². The van der Waals surface area contributed by atoms with Crippen molar-refractivity contribution in [1.29, 1.82) is 0 Å². The van der Waals surface area contributed by atoms with Crippen molar-refractivity contribution >= 4 is 5.91 Å². The van der Waals surface area contributed by atoms with Gasteiger partial charge in [-0.05, 0) is 45.6 Å². The van der Waals surface area contributed by atoms with Gasteiger partial charge in [0.05, 0.1) is 17.9 Å². The fraction of sp³-hybridized carbons (Fsp3) is 0.500. The number of nitrogens with zero attached hydrogens (tertiary/aromatic N) is 2. The summed E-state index contributed by atoms with van der Waals surface area (Å²) in [7, 11) is 0. The van der Waals surface area contributed by atoms with E-state index >= 15 is 0 Å². The summed E-state index contributed by atoms with van der Waals surface area (Å²) < 4.78 is 5.50. The average Bonchev–Trinajstić information content (AvgIpc) is 3.12. The van der Waals surface area contributed by atoms with E-state index in [0.29, 0.717) is 6.61 Å². The second kappa shape index (κ2) is 7.83. The molecule has 0 radical (unpaired) electrons. The van der Waals surface area contributed by atoms with Crippen molar-refractivity contribution in [3.05, 3.63) is 41.9 Å². The Morgan fingerprint density at radius 1 is 1.36 bits per heavy atom. The number of aryl methyl sites for hydroxylation is 1. The molecule has 5 heteroatoms. The van der Waals surface area contributed by atoms with Gasteiger partial charge in [-0.1, -0.05) is 29.8 Å². The average molecular weight is 341 g/mol. The van der Waals surface area contributed by atoms with Crippen molar-refractivity contribution in [2.45, 2.75) is 52.2 Å². The summed E-state index contributed by atoms with van der Waals surface area (Å²) in [5.41, 5.74) is 3.34. The SMILES string of the molecule is CCOC(C)C(=O)N1CCCCC1c1ncc(-c2ccc(C)cc2)[nH]1. The van der Waals surface area contributed by atoms with Gasteiger partial charge in [0.1, 0.15) is 11.9 Å². The highest BCUT2D eigenvalue weighted by molar-refractivity contribution is 5.81. The maximum Gasteiger partial charge on any atom is 0.252 e. The van der Waals surface area contributed by atoms with Crippen LogP contribution in [-0.4, -0.2) is 40.0 Å². The van der Waals surface area contributed by atoms with Gasteiger partial charge < -0.3 is 14.6 Å². The normalized spacial score (nSPS) is 19.0. The summed E-state index contributed by atoms with van der Waals surface area (Å²) in [5.74, 6) is 0.923. The minimum Gasteiger partial charge on any atom is -0.369 e. The molecule has 5 nitrogen and oxygen atoms in total. The molecule has 1 aliphatic heterocycles. The highest BCUT2D eigenvalue weighted by Crippen LogP contribution is 2.31. The largest absolute Gasteiger partial charge is 0.369 e. The van der Waals surface area contributed by atoms with E-state index in [-0.39, 0.29) is 11.9 Å². The van der Waals surface area contributed by atoms with Crippen LogP contribution in [0.25, 0.3) is 11.3 Å². The molecule has 1 aromatic heterocycles. The quantitative estimate of drug-likeness (QED) is 0.898. The van der Waals surface area contributed by atoms with E-state index in [9.17, 15) is 4.79 Å². The Hall–Kier alpha value is -2.14. The lowest BCUT2D eigenvalue weighted by Gasteiger charge is -2.36. The summed E-state index contributed by atoms with van der Waals surface area (Å²) in [5, 5.41) is 0. The van der Waals surface area contributed by atoms with Crippen LogP contribution in [0.5, 0.6) is 0 Å². The molecule has 2 heterocycles. The fourth-order valence-electron chi connectivity index (χ4n) is 3.42. The van der Waals surface area contributed by atoms with Gasteiger partial charge in [-0.3, -0.25) is 4.79 Å². The molecule has 1 fully saturated rings. The summed E-state index contributed by atoms with van der Waals surface area (Å²) in [6.07, 6.45) is 4.54. The zero-order valence-electron chi connectivity index (χ0n) is 15.3. The van der Waals surface area contributed by atoms with Gasteiger partial charge in [0.25, 0.3) is 5.91 Å². The molecule has 0 bridgehead atoms. The van der Waals surface area contributed by atoms with E-state index in [2.05, 4.69) is 41.2 Å². The lowest BCUT2D eigenvalue weighted by Crippen LogP contribution is -2.44. The molecule has 1 saturated heterocycles. The Morgan fingerprint density at radius 2 is 2.12 bits per heavy atom. The maximum atomic E-state index is 12.7. The van der Waals surface area contributed by atoms with Gasteiger partial charge in [0, 0.05) is 13.2 Å². The minimum atomic E-state index is -0.405. The number of imidazole rings is 1. The molecule has 3 rings (SSSR count). The number of hydrogen-bond donors (Lipinski definition) is 1. The predicted molar refractivity (Wildman–Crippen MR) is 98.2 cm³/mol. The van der Waals surface area contributed by atoms with Gasteiger partial charge in [0.2, 0.25) is 0 Å². The number of amides is 1. The van der Waals surface area contributed by atoms with Crippen LogP contribution in [0.3, 0.4) is 0 Å². The van der Waals surface area contributed by atoms with Gasteiger partial charge in [-0.25, -0.2) is 4.98 Å². The van der Waals surface area contributed by atoms with Crippen molar-refractivity contribution in [1.82, 2.24) is 14.9 Å². The number of aromatic nitrogens is 2. The Labute approximate surface area is 149 Å². The molecule has 1 aliphatic rings. The Bertz CT molecular complexity index is 708. The predicted octanol–water partition coefficient (Wildman–Crippen LogP) is 3.86. The van der Waals surface area contributed by atoms with Crippen LogP contribution >= 0.6 is 0 Å². The first-order valence-corrected chi connectivity index (χ1v) is 9.14. The van der Waals surface area contributed by atoms with Crippen molar-refractivity contribution in [3.63, 3.8) is 0 Å². The topological polar surface area (TPSA) is 58.2 Å². The van der Waals surface area contributed by atoms with Crippen molar-refractivity contribution < 1.29 is 9.53 Å². The highest BCUT2D eigenvalue weighted by atomic mass is 16.5. The van der Waals surface area contributed by atoms with E-state index in [4.69, 9.17) is 4.74 Å². The van der Waals surface area contributed by atoms with Crippen LogP contribution in [0, 0.1) is 6.92 Å². The molecule has 134 valence electrons. The van der Waals surface area contributed by atoms with Crippen molar-refractivity contribution in [2.75, 3.05) is 13.2 Å². The molecule has 0 spiro atoms. The van der Waals surface area contributed by atoms with Crippen LogP contribution in [0.15, 0.2) is 30.5 Å². The van der Waals surface area contributed by atoms with Gasteiger partial charge in [-0.15, -0.1) is 0 Å². The minimum absolute atomic E-state index is 0.00311. The first-order valence-electron chi connectivity index (χ1n) is 9.14. The maximum absolute atomic E-state index is 12.7.